The molecule has 0 amide bonds. The maximum Gasteiger partial charge on any atom is 0.293 e. The van der Waals surface area contributed by atoms with Gasteiger partial charge in [0.05, 0.1) is 9.82 Å². The van der Waals surface area contributed by atoms with Crippen LogP contribution in [0.3, 0.4) is 0 Å². The Bertz CT molecular complexity index is 884. The lowest BCUT2D eigenvalue weighted by molar-refractivity contribution is -0.384. The van der Waals surface area contributed by atoms with Gasteiger partial charge in [-0.3, -0.25) is 10.1 Å². The number of nitrogens with one attached hydrogen (secondary N) is 1. The number of anilines is 1. The van der Waals surface area contributed by atoms with Crippen LogP contribution in [0.1, 0.15) is 32.6 Å². The van der Waals surface area contributed by atoms with Crippen LogP contribution in [-0.2, 0) is 10.0 Å². The van der Waals surface area contributed by atoms with E-state index in [-0.39, 0.29) is 10.6 Å². The molecule has 2 saturated heterocycles. The number of benzene rings is 1. The van der Waals surface area contributed by atoms with E-state index in [4.69, 9.17) is 0 Å². The Hall–Kier alpha value is -1.75. The summed E-state index contributed by atoms with van der Waals surface area (Å²) >= 11 is 0. The molecule has 0 spiro atoms. The molecule has 2 aliphatic heterocycles. The molecular formula is C22H37N5O4S. The van der Waals surface area contributed by atoms with Crippen LogP contribution in [0.4, 0.5) is 11.4 Å². The molecule has 1 aromatic rings. The van der Waals surface area contributed by atoms with E-state index in [2.05, 4.69) is 29.2 Å². The second-order valence-electron chi connectivity index (χ2n) is 9.52. The molecule has 0 aliphatic carbocycles. The summed E-state index contributed by atoms with van der Waals surface area (Å²) in [5, 5.41) is 14.9. The average molecular weight is 468 g/mol. The first-order chi connectivity index (χ1) is 15.2. The number of likely N-dealkylation sites (tertiary alicyclic amines) is 1. The van der Waals surface area contributed by atoms with Crippen molar-refractivity contribution >= 4 is 21.4 Å². The van der Waals surface area contributed by atoms with Crippen molar-refractivity contribution in [3.8, 4) is 0 Å². The Morgan fingerprint density at radius 2 is 1.91 bits per heavy atom. The number of nitro groups is 1. The number of nitrogens with zero attached hydrogens (tertiary/aromatic N) is 4. The van der Waals surface area contributed by atoms with Crippen molar-refractivity contribution < 1.29 is 13.3 Å². The maximum absolute atomic E-state index is 13.0. The zero-order valence-electron chi connectivity index (χ0n) is 19.5. The lowest BCUT2D eigenvalue weighted by atomic mass is 9.96. The van der Waals surface area contributed by atoms with Crippen LogP contribution in [-0.4, -0.2) is 87.4 Å². The average Bonchev–Trinajstić information content (AvgIpc) is 2.76. The molecular weight excluding hydrogens is 430 g/mol. The van der Waals surface area contributed by atoms with Gasteiger partial charge in [-0.25, -0.2) is 8.42 Å². The summed E-state index contributed by atoms with van der Waals surface area (Å²) in [4.78, 5) is 15.8. The third kappa shape index (κ3) is 6.40. The van der Waals surface area contributed by atoms with E-state index in [1.807, 2.05) is 6.92 Å². The van der Waals surface area contributed by atoms with E-state index in [0.717, 1.165) is 51.9 Å². The van der Waals surface area contributed by atoms with Crippen molar-refractivity contribution in [1.29, 1.82) is 0 Å². The number of hydrogen-bond donors (Lipinski definition) is 1. The molecule has 2 heterocycles. The SMILES string of the molecule is CC1CCCN(S(=O)(=O)c2ccc(NCC3CCN(CCN(C)C)CC3)c([N+](=O)[O-])c2)C1. The van der Waals surface area contributed by atoms with Crippen molar-refractivity contribution in [2.45, 2.75) is 37.5 Å². The predicted octanol–water partition coefficient (Wildman–Crippen LogP) is 2.70. The summed E-state index contributed by atoms with van der Waals surface area (Å²) < 4.78 is 27.5. The van der Waals surface area contributed by atoms with Gasteiger partial charge >= 0.3 is 0 Å². The predicted molar refractivity (Wildman–Crippen MR) is 126 cm³/mol. The highest BCUT2D eigenvalue weighted by molar-refractivity contribution is 7.89. The van der Waals surface area contributed by atoms with Crippen molar-refractivity contribution in [3.63, 3.8) is 0 Å². The number of sulfonamides is 1. The van der Waals surface area contributed by atoms with Gasteiger partial charge in [-0.1, -0.05) is 6.92 Å². The van der Waals surface area contributed by atoms with Crippen molar-refractivity contribution in [1.82, 2.24) is 14.1 Å². The van der Waals surface area contributed by atoms with Gasteiger partial charge in [0.15, 0.2) is 0 Å². The highest BCUT2D eigenvalue weighted by Gasteiger charge is 2.30. The zero-order valence-corrected chi connectivity index (χ0v) is 20.3. The van der Waals surface area contributed by atoms with Crippen LogP contribution in [0.5, 0.6) is 0 Å². The number of rotatable bonds is 9. The van der Waals surface area contributed by atoms with E-state index in [1.54, 1.807) is 6.07 Å². The molecule has 2 fully saturated rings. The second kappa shape index (κ2) is 10.9. The topological polar surface area (TPSA) is 99.0 Å². The van der Waals surface area contributed by atoms with Crippen molar-refractivity contribution in [2.24, 2.45) is 11.8 Å². The molecule has 10 heteroatoms. The van der Waals surface area contributed by atoms with E-state index in [0.29, 0.717) is 37.2 Å². The first-order valence-corrected chi connectivity index (χ1v) is 13.0. The Morgan fingerprint density at radius 1 is 1.19 bits per heavy atom. The molecule has 2 aliphatic rings. The number of nitro benzene ring substituents is 1. The largest absolute Gasteiger partial charge is 0.379 e. The summed E-state index contributed by atoms with van der Waals surface area (Å²) in [5.41, 5.74) is 0.204. The number of piperidine rings is 2. The van der Waals surface area contributed by atoms with E-state index < -0.39 is 14.9 Å². The smallest absolute Gasteiger partial charge is 0.293 e. The standard InChI is InChI=1S/C22H37N5O4S/c1-18-5-4-10-26(17-18)32(30,31)20-6-7-21(22(15-20)27(28)29)23-16-19-8-11-25(12-9-19)14-13-24(2)3/h6-7,15,18-19,23H,4-5,8-14,16-17H2,1-3H3. The highest BCUT2D eigenvalue weighted by Crippen LogP contribution is 2.31. The minimum absolute atomic E-state index is 0.00181. The molecule has 1 atom stereocenters. The summed E-state index contributed by atoms with van der Waals surface area (Å²) in [5.74, 6) is 0.743. The van der Waals surface area contributed by atoms with Gasteiger partial charge in [-0.15, -0.1) is 0 Å². The van der Waals surface area contributed by atoms with Crippen LogP contribution in [0.2, 0.25) is 0 Å². The van der Waals surface area contributed by atoms with Gasteiger partial charge in [-0.2, -0.15) is 4.31 Å². The molecule has 0 bridgehead atoms. The molecule has 1 N–H and O–H groups in total. The Morgan fingerprint density at radius 3 is 2.53 bits per heavy atom. The van der Waals surface area contributed by atoms with Gasteiger partial charge < -0.3 is 15.1 Å². The van der Waals surface area contributed by atoms with Crippen molar-refractivity contribution in [3.05, 3.63) is 28.3 Å². The van der Waals surface area contributed by atoms with Crippen LogP contribution < -0.4 is 5.32 Å². The monoisotopic (exact) mass is 467 g/mol. The van der Waals surface area contributed by atoms with Gasteiger partial charge in [0.25, 0.3) is 5.69 Å². The van der Waals surface area contributed by atoms with E-state index >= 15 is 0 Å². The molecule has 180 valence electrons. The fourth-order valence-corrected chi connectivity index (χ4v) is 6.11. The number of hydrogen-bond acceptors (Lipinski definition) is 7. The molecule has 1 aromatic carbocycles. The van der Waals surface area contributed by atoms with E-state index in [9.17, 15) is 18.5 Å². The van der Waals surface area contributed by atoms with Gasteiger partial charge in [-0.05, 0) is 76.8 Å². The summed E-state index contributed by atoms with van der Waals surface area (Å²) in [6.07, 6.45) is 3.92. The van der Waals surface area contributed by atoms with Crippen LogP contribution >= 0.6 is 0 Å². The molecule has 0 aromatic heterocycles. The first-order valence-electron chi connectivity index (χ1n) is 11.6. The molecule has 32 heavy (non-hydrogen) atoms. The second-order valence-corrected chi connectivity index (χ2v) is 11.5. The van der Waals surface area contributed by atoms with Gasteiger partial charge in [0.2, 0.25) is 10.0 Å². The van der Waals surface area contributed by atoms with Crippen LogP contribution in [0, 0.1) is 22.0 Å². The molecule has 0 saturated carbocycles. The fraction of sp³-hybridized carbons (Fsp3) is 0.727. The summed E-state index contributed by atoms with van der Waals surface area (Å²) in [6.45, 7) is 7.78. The lowest BCUT2D eigenvalue weighted by Gasteiger charge is -2.32. The Labute approximate surface area is 192 Å². The molecule has 1 unspecified atom stereocenters. The fourth-order valence-electron chi connectivity index (χ4n) is 4.50. The molecule has 3 rings (SSSR count). The van der Waals surface area contributed by atoms with Gasteiger partial charge in [0, 0.05) is 38.8 Å². The summed E-state index contributed by atoms with van der Waals surface area (Å²) in [7, 11) is 0.424. The Balaban J connectivity index is 1.62. The third-order valence-electron chi connectivity index (χ3n) is 6.58. The van der Waals surface area contributed by atoms with E-state index in [1.165, 1.54) is 16.4 Å². The van der Waals surface area contributed by atoms with Gasteiger partial charge in [0.1, 0.15) is 5.69 Å². The first kappa shape index (κ1) is 24.9. The maximum atomic E-state index is 13.0. The minimum Gasteiger partial charge on any atom is -0.379 e. The Kier molecular flexibility index (Phi) is 8.49. The highest BCUT2D eigenvalue weighted by atomic mass is 32.2. The lowest BCUT2D eigenvalue weighted by Crippen LogP contribution is -2.39. The zero-order chi connectivity index (χ0) is 23.3. The normalized spacial score (nSPS) is 21.7. The third-order valence-corrected chi connectivity index (χ3v) is 8.44. The summed E-state index contributed by atoms with van der Waals surface area (Å²) in [6, 6.07) is 4.25. The minimum atomic E-state index is -3.73. The van der Waals surface area contributed by atoms with Crippen LogP contribution in [0.15, 0.2) is 23.1 Å². The molecule has 9 nitrogen and oxygen atoms in total. The van der Waals surface area contributed by atoms with Crippen LogP contribution in [0.25, 0.3) is 0 Å². The number of likely N-dealkylation sites (N-methyl/N-ethyl adjacent to an activating group) is 1. The van der Waals surface area contributed by atoms with Crippen molar-refractivity contribution in [2.75, 3.05) is 65.2 Å². The quantitative estimate of drug-likeness (QED) is 0.440. The molecule has 0 radical (unpaired) electrons.